The summed E-state index contributed by atoms with van der Waals surface area (Å²) in [5, 5.41) is 44.0. The Kier molecular flexibility index (Phi) is 34.5. The third-order valence-electron chi connectivity index (χ3n) is 5.20. The minimum absolute atomic E-state index is 0. The van der Waals surface area contributed by atoms with Crippen molar-refractivity contribution in [1.82, 2.24) is 0 Å². The molecule has 0 amide bonds. The first-order chi connectivity index (χ1) is 19.0. The van der Waals surface area contributed by atoms with Crippen LogP contribution in [-0.2, 0) is 25.7 Å². The first-order valence-electron chi connectivity index (χ1n) is 11.3. The number of nitrogens with two attached hydrogens (primary N) is 1. The number of carboxylic acid groups (broad SMARTS) is 2. The second-order valence-electron chi connectivity index (χ2n) is 8.10. The molecule has 0 saturated carbocycles. The van der Waals surface area contributed by atoms with Gasteiger partial charge < -0.3 is 37.7 Å². The molecule has 0 heterocycles. The summed E-state index contributed by atoms with van der Waals surface area (Å²) in [5.41, 5.74) is 7.32. The predicted molar refractivity (Wildman–Crippen MR) is 154 cm³/mol. The summed E-state index contributed by atoms with van der Waals surface area (Å²) in [4.78, 5) is 38.5. The maximum absolute atomic E-state index is 12.7. The van der Waals surface area contributed by atoms with Gasteiger partial charge in [0.25, 0.3) is 6.47 Å². The summed E-state index contributed by atoms with van der Waals surface area (Å²) < 4.78 is 12.7. The second kappa shape index (κ2) is 28.7. The standard InChI is InChI=1S/C13H14ClNO3.C8H5ClFN.C4H9NO3.CH2O3.CH4.2K.H/c1-7-9(4-5-11(15-3)12(7)14)6-10(8(2)16)13(17)18;1-5-6(10)3-4-7(11-2)8(5)9;1-2(6)3(5)4(7)8;2-1-4-3;;;;/h4-5,8,10,16H,6H2,1-2H3,(H,17,18);3-4H,1H3;2-3,6H,5H2,1H3,(H,7,8);1,3H;1H4;;;/q;;;;;2*+1;-1/p-1/t8-,10-;;2-,3-;;;;;/m1.1...../s1. The topological polar surface area (TPSA) is 199 Å². The molecule has 0 aliphatic heterocycles. The van der Waals surface area contributed by atoms with Gasteiger partial charge in [-0.25, -0.2) is 14.1 Å². The van der Waals surface area contributed by atoms with E-state index in [2.05, 4.69) is 14.6 Å². The van der Waals surface area contributed by atoms with E-state index in [0.29, 0.717) is 27.5 Å². The monoisotopic (exact) mass is 711 g/mol. The fourth-order valence-electron chi connectivity index (χ4n) is 2.66. The molecule has 17 heteroatoms. The van der Waals surface area contributed by atoms with Gasteiger partial charge in [-0.15, -0.1) is 0 Å². The molecule has 234 valence electrons. The molecular weight excluding hydrogens is 678 g/mol. The largest absolute Gasteiger partial charge is 1.00 e. The Hall–Kier alpha value is -0.547. The van der Waals surface area contributed by atoms with Crippen LogP contribution >= 0.6 is 23.2 Å². The third kappa shape index (κ3) is 19.9. The van der Waals surface area contributed by atoms with E-state index in [1.807, 2.05) is 0 Å². The smallest absolute Gasteiger partial charge is 1.00 e. The summed E-state index contributed by atoms with van der Waals surface area (Å²) >= 11 is 11.7. The first-order valence-corrected chi connectivity index (χ1v) is 12.0. The van der Waals surface area contributed by atoms with Crippen molar-refractivity contribution in [3.05, 3.63) is 79.7 Å². The van der Waals surface area contributed by atoms with Crippen molar-refractivity contribution in [2.75, 3.05) is 0 Å². The van der Waals surface area contributed by atoms with Gasteiger partial charge in [-0.2, -0.15) is 0 Å². The number of halogens is 3. The number of nitrogens with zero attached hydrogens (tertiary/aromatic N) is 2. The maximum atomic E-state index is 12.7. The van der Waals surface area contributed by atoms with Crippen LogP contribution in [0.4, 0.5) is 15.8 Å². The van der Waals surface area contributed by atoms with Crippen LogP contribution in [0, 0.1) is 38.7 Å². The van der Waals surface area contributed by atoms with Crippen LogP contribution in [0.5, 0.6) is 0 Å². The van der Waals surface area contributed by atoms with Gasteiger partial charge in [0.15, 0.2) is 0 Å². The minimum Gasteiger partial charge on any atom is -1.00 e. The van der Waals surface area contributed by atoms with Gasteiger partial charge in [0.1, 0.15) is 11.9 Å². The molecule has 2 aromatic carbocycles. The molecule has 0 aliphatic rings. The zero-order chi connectivity index (χ0) is 32.4. The average Bonchev–Trinajstić information content (AvgIpc) is 2.92. The Morgan fingerprint density at radius 3 is 1.70 bits per heavy atom. The normalized spacial score (nSPS) is 11.6. The van der Waals surface area contributed by atoms with E-state index in [-0.39, 0.29) is 135 Å². The molecule has 0 fully saturated rings. The van der Waals surface area contributed by atoms with Crippen LogP contribution in [0.1, 0.15) is 39.4 Å². The Labute approximate surface area is 352 Å². The number of hydrogen-bond acceptors (Lipinski definition) is 8. The van der Waals surface area contributed by atoms with Crippen LogP contribution in [0.2, 0.25) is 10.0 Å². The van der Waals surface area contributed by atoms with Crippen molar-refractivity contribution < 1.29 is 154 Å². The number of carbonyl (C=O) groups excluding carboxylic acids is 1. The van der Waals surface area contributed by atoms with E-state index in [4.69, 9.17) is 67.5 Å². The number of hydrogen-bond donors (Lipinski definition) is 5. The van der Waals surface area contributed by atoms with Crippen molar-refractivity contribution in [2.24, 2.45) is 11.7 Å². The molecule has 2 rings (SSSR count). The molecule has 0 aliphatic carbocycles. The van der Waals surface area contributed by atoms with Crippen LogP contribution in [-0.4, -0.2) is 57.1 Å². The molecule has 0 radical (unpaired) electrons. The molecule has 44 heavy (non-hydrogen) atoms. The fourth-order valence-corrected chi connectivity index (χ4v) is 3.08. The summed E-state index contributed by atoms with van der Waals surface area (Å²) in [5.74, 6) is -3.48. The number of carbonyl (C=O) groups is 3. The van der Waals surface area contributed by atoms with Gasteiger partial charge in [-0.1, -0.05) is 48.8 Å². The van der Waals surface area contributed by atoms with Crippen molar-refractivity contribution in [1.29, 1.82) is 0 Å². The third-order valence-corrected chi connectivity index (χ3v) is 6.16. The van der Waals surface area contributed by atoms with Crippen molar-refractivity contribution in [3.63, 3.8) is 0 Å². The zero-order valence-electron chi connectivity index (χ0n) is 25.3. The SMILES string of the molecule is C.C[C@@H](O)[C@@H](N)C(=O)O.O=CO[O-].[C-]#[N+]c1ccc(C[C@@H](C(=O)O)[C@@H](C)O)c(C)c1Cl.[C-]#[N+]c1ccc(F)c(C)c1Cl.[H-].[K+].[K+]. The van der Waals surface area contributed by atoms with E-state index < -0.39 is 36.1 Å². The van der Waals surface area contributed by atoms with E-state index in [1.54, 1.807) is 26.0 Å². The molecule has 4 atom stereocenters. The van der Waals surface area contributed by atoms with Gasteiger partial charge in [0.2, 0.25) is 11.4 Å². The van der Waals surface area contributed by atoms with Crippen molar-refractivity contribution in [2.45, 2.75) is 59.8 Å². The predicted octanol–water partition coefficient (Wildman–Crippen LogP) is -1.87. The molecular formula is C27H34Cl2FK2N3O9. The Bertz CT molecular complexity index is 1280. The molecule has 0 spiro atoms. The number of carboxylic acids is 2. The molecule has 2 aromatic rings. The molecule has 6 N–H and O–H groups in total. The number of aliphatic hydroxyl groups is 2. The molecule has 0 bridgehead atoms. The van der Waals surface area contributed by atoms with E-state index in [0.717, 1.165) is 5.56 Å². The summed E-state index contributed by atoms with van der Waals surface area (Å²) in [6.07, 6.45) is -1.73. The summed E-state index contributed by atoms with van der Waals surface area (Å²) in [6.45, 7) is 19.5. The minimum atomic E-state index is -1.18. The average molecular weight is 713 g/mol. The van der Waals surface area contributed by atoms with Crippen molar-refractivity contribution in [3.8, 4) is 0 Å². The van der Waals surface area contributed by atoms with Crippen LogP contribution < -0.4 is 114 Å². The van der Waals surface area contributed by atoms with Gasteiger partial charge in [-0.3, -0.25) is 14.4 Å². The van der Waals surface area contributed by atoms with Gasteiger partial charge in [-0.05, 0) is 56.9 Å². The maximum Gasteiger partial charge on any atom is 1.00 e. The Morgan fingerprint density at radius 1 is 1.00 bits per heavy atom. The van der Waals surface area contributed by atoms with Crippen LogP contribution in [0.15, 0.2) is 24.3 Å². The summed E-state index contributed by atoms with van der Waals surface area (Å²) in [7, 11) is 0. The molecule has 12 nitrogen and oxygen atoms in total. The summed E-state index contributed by atoms with van der Waals surface area (Å²) in [6, 6.07) is 4.72. The second-order valence-corrected chi connectivity index (χ2v) is 8.85. The van der Waals surface area contributed by atoms with Crippen LogP contribution in [0.25, 0.3) is 9.69 Å². The molecule has 0 saturated heterocycles. The quantitative estimate of drug-likeness (QED) is 0.0713. The molecule has 0 unspecified atom stereocenters. The fraction of sp³-hybridized carbons (Fsp3) is 0.370. The van der Waals surface area contributed by atoms with Gasteiger partial charge >= 0.3 is 115 Å². The molecule has 0 aromatic heterocycles. The van der Waals surface area contributed by atoms with Gasteiger partial charge in [0.05, 0.1) is 41.3 Å². The Morgan fingerprint density at radius 2 is 1.41 bits per heavy atom. The number of aliphatic hydroxyl groups excluding tert-OH is 2. The van der Waals surface area contributed by atoms with Crippen LogP contribution in [0.3, 0.4) is 0 Å². The number of rotatable bonds is 7. The number of aliphatic carboxylic acids is 2. The van der Waals surface area contributed by atoms with E-state index in [9.17, 15) is 19.1 Å². The Balaban J connectivity index is -0.000000122. The first kappa shape index (κ1) is 53.0. The zero-order valence-corrected chi connectivity index (χ0v) is 32.1. The van der Waals surface area contributed by atoms with E-state index in [1.165, 1.54) is 26.0 Å². The van der Waals surface area contributed by atoms with Gasteiger partial charge in [0, 0.05) is 0 Å². The number of benzene rings is 2. The van der Waals surface area contributed by atoms with E-state index >= 15 is 0 Å². The van der Waals surface area contributed by atoms with Crippen molar-refractivity contribution >= 4 is 53.0 Å².